The Morgan fingerprint density at radius 2 is 2.44 bits per heavy atom. The van der Waals surface area contributed by atoms with Crippen molar-refractivity contribution in [2.75, 3.05) is 6.61 Å². The average Bonchev–Trinajstić information content (AvgIpc) is 2.51. The summed E-state index contributed by atoms with van der Waals surface area (Å²) in [7, 11) is 0. The van der Waals surface area contributed by atoms with E-state index >= 15 is 0 Å². The Kier molecular flexibility index (Phi) is 2.02. The number of aliphatic hydroxyl groups excluding tert-OH is 1. The third kappa shape index (κ3) is 1.34. The van der Waals surface area contributed by atoms with Crippen LogP contribution >= 0.6 is 0 Å². The van der Waals surface area contributed by atoms with Gasteiger partial charge in [0.15, 0.2) is 0 Å². The molecule has 1 fully saturated rings. The van der Waals surface area contributed by atoms with E-state index in [0.29, 0.717) is 12.0 Å². The van der Waals surface area contributed by atoms with Gasteiger partial charge in [-0.3, -0.25) is 9.36 Å². The van der Waals surface area contributed by atoms with Crippen molar-refractivity contribution in [3.63, 3.8) is 0 Å². The first-order valence-electron chi connectivity index (χ1n) is 5.21. The van der Waals surface area contributed by atoms with Crippen molar-refractivity contribution in [2.45, 2.75) is 31.8 Å². The van der Waals surface area contributed by atoms with E-state index in [1.165, 1.54) is 0 Å². The van der Waals surface area contributed by atoms with Crippen LogP contribution in [0.4, 0.5) is 0 Å². The van der Waals surface area contributed by atoms with Crippen LogP contribution in [0.3, 0.4) is 0 Å². The molecule has 2 bridgehead atoms. The Morgan fingerprint density at radius 1 is 1.62 bits per heavy atom. The van der Waals surface area contributed by atoms with Crippen LogP contribution in [0.1, 0.15) is 18.2 Å². The van der Waals surface area contributed by atoms with Gasteiger partial charge in [-0.2, -0.15) is 4.98 Å². The number of hydrogen-bond donors (Lipinski definition) is 1. The number of fused-ring (bicyclic) bond motifs is 4. The second-order valence-electron chi connectivity index (χ2n) is 4.16. The second kappa shape index (κ2) is 3.29. The summed E-state index contributed by atoms with van der Waals surface area (Å²) in [5, 5.41) is 9.67. The first-order valence-corrected chi connectivity index (χ1v) is 5.21. The van der Waals surface area contributed by atoms with Gasteiger partial charge in [0, 0.05) is 18.2 Å². The van der Waals surface area contributed by atoms with Crippen LogP contribution in [-0.2, 0) is 4.74 Å². The van der Waals surface area contributed by atoms with E-state index in [1.807, 2.05) is 0 Å². The zero-order chi connectivity index (χ0) is 11.3. The number of ether oxygens (including phenoxy) is 2. The smallest absolute Gasteiger partial charge is 0.301 e. The number of aliphatic hydroxyl groups is 1. The fraction of sp³-hybridized carbons (Fsp3) is 0.600. The highest BCUT2D eigenvalue weighted by atomic mass is 16.6. The third-order valence-corrected chi connectivity index (χ3v) is 2.98. The molecule has 0 amide bonds. The van der Waals surface area contributed by atoms with Gasteiger partial charge in [0.2, 0.25) is 0 Å². The predicted molar refractivity (Wildman–Crippen MR) is 53.3 cm³/mol. The van der Waals surface area contributed by atoms with Gasteiger partial charge in [-0.25, -0.2) is 0 Å². The minimum Gasteiger partial charge on any atom is -0.462 e. The van der Waals surface area contributed by atoms with Gasteiger partial charge in [-0.1, -0.05) is 0 Å². The zero-order valence-corrected chi connectivity index (χ0v) is 8.79. The molecule has 0 aromatic carbocycles. The average molecular weight is 224 g/mol. The van der Waals surface area contributed by atoms with Crippen molar-refractivity contribution in [3.8, 4) is 6.01 Å². The largest absolute Gasteiger partial charge is 0.462 e. The number of rotatable bonds is 0. The normalized spacial score (nSPS) is 31.8. The molecular weight excluding hydrogens is 212 g/mol. The summed E-state index contributed by atoms with van der Waals surface area (Å²) >= 11 is 0. The van der Waals surface area contributed by atoms with E-state index in [-0.39, 0.29) is 30.5 Å². The highest BCUT2D eigenvalue weighted by Crippen LogP contribution is 2.33. The summed E-state index contributed by atoms with van der Waals surface area (Å²) in [5.74, 6) is 0. The van der Waals surface area contributed by atoms with Crippen LogP contribution in [0.5, 0.6) is 6.01 Å². The molecule has 0 radical (unpaired) electrons. The molecule has 0 aliphatic carbocycles. The van der Waals surface area contributed by atoms with Crippen molar-refractivity contribution in [2.24, 2.45) is 0 Å². The first kappa shape index (κ1) is 9.80. The van der Waals surface area contributed by atoms with E-state index in [2.05, 4.69) is 4.98 Å². The van der Waals surface area contributed by atoms with Gasteiger partial charge in [0.25, 0.3) is 5.56 Å². The Hall–Kier alpha value is -1.40. The summed E-state index contributed by atoms with van der Waals surface area (Å²) < 4.78 is 12.6. The summed E-state index contributed by atoms with van der Waals surface area (Å²) in [6, 6.07) is 0.273. The molecule has 3 heterocycles. The van der Waals surface area contributed by atoms with Gasteiger partial charge >= 0.3 is 6.01 Å². The molecule has 1 aromatic heterocycles. The lowest BCUT2D eigenvalue weighted by Crippen LogP contribution is -2.28. The molecule has 3 atom stereocenters. The molecule has 1 saturated heterocycles. The number of hydrogen-bond acceptors (Lipinski definition) is 5. The van der Waals surface area contributed by atoms with Crippen LogP contribution < -0.4 is 10.3 Å². The standard InChI is InChI=1S/C10H12N2O4/c1-5-3-12-8-2-6(13)7(16-8)4-15-10(12)11-9(5)14/h3,6-8,13H,2,4H2,1H3/t6-,7+,8+/m0/s1. The van der Waals surface area contributed by atoms with Crippen molar-refractivity contribution >= 4 is 0 Å². The molecular formula is C10H12N2O4. The Labute approximate surface area is 91.4 Å². The van der Waals surface area contributed by atoms with Gasteiger partial charge in [0.1, 0.15) is 18.9 Å². The molecule has 86 valence electrons. The summed E-state index contributed by atoms with van der Waals surface area (Å²) in [6.45, 7) is 1.92. The summed E-state index contributed by atoms with van der Waals surface area (Å²) in [4.78, 5) is 15.2. The summed E-state index contributed by atoms with van der Waals surface area (Å²) in [5.41, 5.74) is 0.250. The van der Waals surface area contributed by atoms with Crippen LogP contribution in [0.25, 0.3) is 0 Å². The Morgan fingerprint density at radius 3 is 3.25 bits per heavy atom. The lowest BCUT2D eigenvalue weighted by molar-refractivity contribution is -0.0205. The lowest BCUT2D eigenvalue weighted by Gasteiger charge is -2.16. The van der Waals surface area contributed by atoms with Crippen molar-refractivity contribution in [3.05, 3.63) is 22.1 Å². The highest BCUT2D eigenvalue weighted by molar-refractivity contribution is 5.11. The maximum atomic E-state index is 11.4. The Bertz CT molecular complexity index is 484. The van der Waals surface area contributed by atoms with Crippen LogP contribution in [-0.4, -0.2) is 33.5 Å². The topological polar surface area (TPSA) is 73.6 Å². The fourth-order valence-electron chi connectivity index (χ4n) is 2.06. The molecule has 1 N–H and O–H groups in total. The van der Waals surface area contributed by atoms with E-state index in [1.54, 1.807) is 17.7 Å². The minimum absolute atomic E-state index is 0.229. The van der Waals surface area contributed by atoms with Crippen LogP contribution in [0.15, 0.2) is 11.0 Å². The monoisotopic (exact) mass is 224 g/mol. The fourth-order valence-corrected chi connectivity index (χ4v) is 2.06. The van der Waals surface area contributed by atoms with Crippen LogP contribution in [0, 0.1) is 6.92 Å². The van der Waals surface area contributed by atoms with E-state index in [0.717, 1.165) is 0 Å². The van der Waals surface area contributed by atoms with Gasteiger partial charge in [-0.15, -0.1) is 0 Å². The first-order chi connectivity index (χ1) is 7.65. The molecule has 16 heavy (non-hydrogen) atoms. The van der Waals surface area contributed by atoms with Gasteiger partial charge in [0.05, 0.1) is 6.10 Å². The van der Waals surface area contributed by atoms with Gasteiger partial charge < -0.3 is 14.6 Å². The molecule has 0 saturated carbocycles. The molecule has 2 aliphatic rings. The van der Waals surface area contributed by atoms with Crippen LogP contribution in [0.2, 0.25) is 0 Å². The molecule has 6 nitrogen and oxygen atoms in total. The number of aromatic nitrogens is 2. The quantitative estimate of drug-likeness (QED) is 0.648. The third-order valence-electron chi connectivity index (χ3n) is 2.98. The molecule has 2 aliphatic heterocycles. The molecule has 1 aromatic rings. The summed E-state index contributed by atoms with van der Waals surface area (Å²) in [6.07, 6.45) is 1.03. The second-order valence-corrected chi connectivity index (χ2v) is 4.16. The number of nitrogens with zero attached hydrogens (tertiary/aromatic N) is 2. The zero-order valence-electron chi connectivity index (χ0n) is 8.79. The van der Waals surface area contributed by atoms with E-state index in [9.17, 15) is 9.90 Å². The van der Waals surface area contributed by atoms with Crippen molar-refractivity contribution < 1.29 is 14.6 Å². The highest BCUT2D eigenvalue weighted by Gasteiger charge is 2.39. The molecule has 0 unspecified atom stereocenters. The predicted octanol–water partition coefficient (Wildman–Crippen LogP) is -0.407. The maximum Gasteiger partial charge on any atom is 0.301 e. The van der Waals surface area contributed by atoms with Crippen molar-refractivity contribution in [1.29, 1.82) is 0 Å². The maximum absolute atomic E-state index is 11.4. The lowest BCUT2D eigenvalue weighted by atomic mass is 10.2. The van der Waals surface area contributed by atoms with E-state index in [4.69, 9.17) is 9.47 Å². The Balaban J connectivity index is 2.10. The van der Waals surface area contributed by atoms with E-state index < -0.39 is 6.10 Å². The molecule has 3 rings (SSSR count). The number of aryl methyl sites for hydroxylation is 1. The molecule has 6 heteroatoms. The minimum atomic E-state index is -0.516. The van der Waals surface area contributed by atoms with Gasteiger partial charge in [-0.05, 0) is 6.92 Å². The SMILES string of the molecule is Cc1cn2c(nc1=O)OC[C@H]1O[C@@H]2C[C@@H]1O. The van der Waals surface area contributed by atoms with Crippen molar-refractivity contribution in [1.82, 2.24) is 9.55 Å². The molecule has 0 spiro atoms.